The summed E-state index contributed by atoms with van der Waals surface area (Å²) in [6.07, 6.45) is 6.82. The number of benzene rings is 1. The van der Waals surface area contributed by atoms with Gasteiger partial charge >= 0.3 is 0 Å². The first-order valence-corrected chi connectivity index (χ1v) is 13.1. The van der Waals surface area contributed by atoms with Gasteiger partial charge in [0.1, 0.15) is 10.9 Å². The molecular formula is C25H29N3O4S2. The van der Waals surface area contributed by atoms with Crippen molar-refractivity contribution in [2.24, 2.45) is 0 Å². The number of carbonyl (C=O) groups is 2. The van der Waals surface area contributed by atoms with E-state index in [0.717, 1.165) is 42.3 Å². The number of rotatable bonds is 6. The van der Waals surface area contributed by atoms with Gasteiger partial charge in [0.25, 0.3) is 5.91 Å². The van der Waals surface area contributed by atoms with Crippen molar-refractivity contribution in [1.82, 2.24) is 14.4 Å². The molecule has 5 rings (SSSR count). The van der Waals surface area contributed by atoms with Crippen LogP contribution < -0.4 is 0 Å². The first-order chi connectivity index (χ1) is 16.5. The molecule has 34 heavy (non-hydrogen) atoms. The number of ether oxygens (including phenoxy) is 2. The Balaban J connectivity index is 1.45. The molecule has 0 aliphatic carbocycles. The van der Waals surface area contributed by atoms with Crippen molar-refractivity contribution in [2.75, 3.05) is 39.5 Å². The van der Waals surface area contributed by atoms with Crippen LogP contribution in [0.3, 0.4) is 0 Å². The normalized spacial score (nSPS) is 22.5. The molecule has 0 unspecified atom stereocenters. The van der Waals surface area contributed by atoms with E-state index in [4.69, 9.17) is 21.7 Å². The average Bonchev–Trinajstić information content (AvgIpc) is 3.56. The van der Waals surface area contributed by atoms with Crippen LogP contribution in [0.1, 0.15) is 30.9 Å². The second-order valence-corrected chi connectivity index (χ2v) is 10.5. The van der Waals surface area contributed by atoms with Crippen LogP contribution in [0.25, 0.3) is 17.0 Å². The van der Waals surface area contributed by atoms with Crippen molar-refractivity contribution in [1.29, 1.82) is 0 Å². The third-order valence-corrected chi connectivity index (χ3v) is 8.01. The van der Waals surface area contributed by atoms with Gasteiger partial charge in [-0.25, -0.2) is 0 Å². The summed E-state index contributed by atoms with van der Waals surface area (Å²) in [4.78, 5) is 30.3. The van der Waals surface area contributed by atoms with Crippen LogP contribution in [-0.4, -0.2) is 76.1 Å². The van der Waals surface area contributed by atoms with E-state index in [2.05, 4.69) is 19.1 Å². The summed E-state index contributed by atoms with van der Waals surface area (Å²) < 4.78 is 13.7. The Hall–Kier alpha value is -2.20. The summed E-state index contributed by atoms with van der Waals surface area (Å²) in [5.74, 6) is 0.0167. The lowest BCUT2D eigenvalue weighted by molar-refractivity contribution is -0.135. The van der Waals surface area contributed by atoms with E-state index in [-0.39, 0.29) is 24.5 Å². The molecule has 3 fully saturated rings. The van der Waals surface area contributed by atoms with Gasteiger partial charge in [-0.3, -0.25) is 14.5 Å². The number of aryl methyl sites for hydroxylation is 1. The van der Waals surface area contributed by atoms with E-state index in [0.29, 0.717) is 42.1 Å². The van der Waals surface area contributed by atoms with Crippen molar-refractivity contribution in [3.05, 3.63) is 40.4 Å². The minimum absolute atomic E-state index is 0.0575. The molecule has 9 heteroatoms. The number of aromatic nitrogens is 1. The van der Waals surface area contributed by atoms with Gasteiger partial charge in [0, 0.05) is 36.8 Å². The number of thiocarbonyl (C=S) groups is 1. The topological polar surface area (TPSA) is 64.0 Å². The van der Waals surface area contributed by atoms with E-state index in [9.17, 15) is 9.59 Å². The Morgan fingerprint density at radius 1 is 1.26 bits per heavy atom. The summed E-state index contributed by atoms with van der Waals surface area (Å²) in [6.45, 7) is 6.05. The Kier molecular flexibility index (Phi) is 7.06. The van der Waals surface area contributed by atoms with Crippen molar-refractivity contribution in [3.8, 4) is 0 Å². The largest absolute Gasteiger partial charge is 0.378 e. The van der Waals surface area contributed by atoms with E-state index >= 15 is 0 Å². The van der Waals surface area contributed by atoms with Gasteiger partial charge in [-0.15, -0.1) is 0 Å². The zero-order valence-electron chi connectivity index (χ0n) is 19.3. The second kappa shape index (κ2) is 10.2. The zero-order chi connectivity index (χ0) is 23.7. The number of nitrogens with zero attached hydrogens (tertiary/aromatic N) is 3. The summed E-state index contributed by atoms with van der Waals surface area (Å²) in [6, 6.07) is 6.20. The number of amides is 2. The molecule has 180 valence electrons. The molecule has 1 atom stereocenters. The van der Waals surface area contributed by atoms with E-state index in [1.54, 1.807) is 4.90 Å². The second-order valence-electron chi connectivity index (χ2n) is 8.80. The number of hydrogen-bond acceptors (Lipinski definition) is 6. The molecule has 7 nitrogen and oxygen atoms in total. The van der Waals surface area contributed by atoms with Crippen LogP contribution in [0, 0.1) is 0 Å². The van der Waals surface area contributed by atoms with Gasteiger partial charge in [-0.05, 0) is 30.9 Å². The Morgan fingerprint density at radius 3 is 2.82 bits per heavy atom. The fourth-order valence-corrected chi connectivity index (χ4v) is 6.11. The molecule has 1 aromatic carbocycles. The highest BCUT2D eigenvalue weighted by molar-refractivity contribution is 8.26. The molecule has 2 aromatic rings. The van der Waals surface area contributed by atoms with E-state index in [1.807, 2.05) is 27.8 Å². The molecule has 3 aliphatic heterocycles. The van der Waals surface area contributed by atoms with Crippen molar-refractivity contribution < 1.29 is 19.1 Å². The monoisotopic (exact) mass is 499 g/mol. The molecule has 0 N–H and O–H groups in total. The van der Waals surface area contributed by atoms with Crippen molar-refractivity contribution in [2.45, 2.75) is 38.8 Å². The smallest absolute Gasteiger partial charge is 0.266 e. The molecule has 3 saturated heterocycles. The fraction of sp³-hybridized carbons (Fsp3) is 0.480. The number of fused-ring (bicyclic) bond motifs is 1. The summed E-state index contributed by atoms with van der Waals surface area (Å²) >= 11 is 6.86. The summed E-state index contributed by atoms with van der Waals surface area (Å²) in [7, 11) is 0. The lowest BCUT2D eigenvalue weighted by Crippen LogP contribution is -2.42. The molecule has 0 radical (unpaired) electrons. The highest BCUT2D eigenvalue weighted by Crippen LogP contribution is 2.36. The van der Waals surface area contributed by atoms with Crippen molar-refractivity contribution in [3.63, 3.8) is 0 Å². The van der Waals surface area contributed by atoms with E-state index in [1.165, 1.54) is 17.3 Å². The predicted molar refractivity (Wildman–Crippen MR) is 138 cm³/mol. The maximum Gasteiger partial charge on any atom is 0.266 e. The maximum absolute atomic E-state index is 13.2. The van der Waals surface area contributed by atoms with Crippen LogP contribution in [0.5, 0.6) is 0 Å². The maximum atomic E-state index is 13.2. The lowest BCUT2D eigenvalue weighted by atomic mass is 10.1. The van der Waals surface area contributed by atoms with Gasteiger partial charge in [-0.2, -0.15) is 0 Å². The third kappa shape index (κ3) is 4.66. The van der Waals surface area contributed by atoms with Crippen LogP contribution in [-0.2, 0) is 32.0 Å². The van der Waals surface area contributed by atoms with Gasteiger partial charge in [0.05, 0.1) is 36.3 Å². The van der Waals surface area contributed by atoms with Gasteiger partial charge in [0.15, 0.2) is 0 Å². The highest BCUT2D eigenvalue weighted by atomic mass is 32.2. The summed E-state index contributed by atoms with van der Waals surface area (Å²) in [5, 5.41) is 1.04. The molecule has 3 aliphatic rings. The Morgan fingerprint density at radius 2 is 2.09 bits per heavy atom. The van der Waals surface area contributed by atoms with Gasteiger partial charge in [0.2, 0.25) is 5.91 Å². The molecule has 1 aromatic heterocycles. The minimum atomic E-state index is -0.0672. The average molecular weight is 500 g/mol. The van der Waals surface area contributed by atoms with E-state index < -0.39 is 0 Å². The molecule has 0 bridgehead atoms. The number of para-hydroxylation sites is 1. The van der Waals surface area contributed by atoms with Gasteiger partial charge in [-0.1, -0.05) is 49.1 Å². The quantitative estimate of drug-likeness (QED) is 0.448. The number of thioether (sulfide) groups is 1. The molecule has 0 spiro atoms. The molecule has 0 saturated carbocycles. The molecule has 2 amide bonds. The zero-order valence-corrected chi connectivity index (χ0v) is 21.0. The minimum Gasteiger partial charge on any atom is -0.378 e. The van der Waals surface area contributed by atoms with Crippen LogP contribution in [0.15, 0.2) is 29.3 Å². The van der Waals surface area contributed by atoms with Crippen LogP contribution in [0.2, 0.25) is 0 Å². The number of carbonyl (C=O) groups excluding carboxylic acids is 2. The predicted octanol–water partition coefficient (Wildman–Crippen LogP) is 3.44. The number of hydrogen-bond donors (Lipinski definition) is 0. The SMILES string of the molecule is CCc1cccc2c(/C=C3\SC(=S)N(C[C@H]4CCCO4)C3=O)cn(CC(=O)N3CCOCC3)c12. The fourth-order valence-electron chi connectivity index (χ4n) is 4.84. The molecule has 4 heterocycles. The lowest BCUT2D eigenvalue weighted by Gasteiger charge is -2.27. The Labute approximate surface area is 209 Å². The first-order valence-electron chi connectivity index (χ1n) is 11.9. The van der Waals surface area contributed by atoms with Crippen molar-refractivity contribution >= 4 is 57.1 Å². The molecular weight excluding hydrogens is 470 g/mol. The Bertz CT molecular complexity index is 1150. The number of morpholine rings is 1. The van der Waals surface area contributed by atoms with Gasteiger partial charge < -0.3 is 18.9 Å². The first kappa shape index (κ1) is 23.5. The standard InChI is InChI=1S/C25H29N3O4S2/c1-2-17-5-3-7-20-18(14-27(23(17)20)16-22(29)26-8-11-31-12-9-26)13-21-24(30)28(25(33)34-21)15-19-6-4-10-32-19/h3,5,7,13-14,19H,2,4,6,8-12,15-16H2,1H3/b21-13-/t19-/m1/s1. The van der Waals surface area contributed by atoms with Crippen LogP contribution in [0.4, 0.5) is 0 Å². The third-order valence-electron chi connectivity index (χ3n) is 6.63. The highest BCUT2D eigenvalue weighted by Gasteiger charge is 2.35. The van der Waals surface area contributed by atoms with Crippen LogP contribution >= 0.6 is 24.0 Å². The summed E-state index contributed by atoms with van der Waals surface area (Å²) in [5.41, 5.74) is 3.16.